The molecule has 0 unspecified atom stereocenters. The Morgan fingerprint density at radius 3 is 2.89 bits per heavy atom. The topological polar surface area (TPSA) is 82.9 Å². The highest BCUT2D eigenvalue weighted by atomic mass is 35.5. The van der Waals surface area contributed by atoms with E-state index >= 15 is 0 Å². The highest BCUT2D eigenvalue weighted by molar-refractivity contribution is 6.31. The number of aliphatic hydroxyl groups is 1. The minimum Gasteiger partial charge on any atom is -0.497 e. The summed E-state index contributed by atoms with van der Waals surface area (Å²) in [5.41, 5.74) is 2.35. The van der Waals surface area contributed by atoms with E-state index in [2.05, 4.69) is 21.7 Å². The number of carbonyl (C=O) groups is 1. The number of carboxylic acid groups (broad SMARTS) is 1. The molecule has 0 saturated carbocycles. The molecule has 2 aromatic carbocycles. The molecule has 4 rings (SSSR count). The molecule has 3 aromatic rings. The van der Waals surface area contributed by atoms with Crippen LogP contribution in [0.3, 0.4) is 0 Å². The number of hydrogen-bond acceptors (Lipinski definition) is 5. The predicted octanol–water partition coefficient (Wildman–Crippen LogP) is 4.78. The van der Waals surface area contributed by atoms with Crippen molar-refractivity contribution in [2.75, 3.05) is 26.7 Å². The lowest BCUT2D eigenvalue weighted by atomic mass is 9.81. The zero-order chi connectivity index (χ0) is 24.8. The third-order valence-electron chi connectivity index (χ3n) is 6.71. The summed E-state index contributed by atoms with van der Waals surface area (Å²) in [5.74, 6) is 5.61. The SMILES string of the molecule is COc1ccc2nccc([C@H](O)CC[C@@H]3CCN(CC#Cc4ccccc4Cl)C[C@@H]3C(=O)O)c2c1. The van der Waals surface area contributed by atoms with E-state index in [1.807, 2.05) is 42.5 Å². The van der Waals surface area contributed by atoms with Crippen molar-refractivity contribution < 1.29 is 19.7 Å². The lowest BCUT2D eigenvalue weighted by Gasteiger charge is -2.36. The first-order chi connectivity index (χ1) is 17.0. The number of ether oxygens (including phenoxy) is 1. The number of methoxy groups -OCH3 is 1. The number of benzene rings is 2. The Morgan fingerprint density at radius 1 is 1.29 bits per heavy atom. The van der Waals surface area contributed by atoms with Gasteiger partial charge in [0.15, 0.2) is 0 Å². The summed E-state index contributed by atoms with van der Waals surface area (Å²) in [6, 6.07) is 14.8. The van der Waals surface area contributed by atoms with Gasteiger partial charge in [-0.3, -0.25) is 14.7 Å². The van der Waals surface area contributed by atoms with Crippen LogP contribution in [-0.4, -0.2) is 52.8 Å². The number of pyridine rings is 1. The van der Waals surface area contributed by atoms with Crippen LogP contribution >= 0.6 is 11.6 Å². The fourth-order valence-corrected chi connectivity index (χ4v) is 4.92. The van der Waals surface area contributed by atoms with Gasteiger partial charge >= 0.3 is 5.97 Å². The average molecular weight is 493 g/mol. The number of hydrogen-bond donors (Lipinski definition) is 2. The highest BCUT2D eigenvalue weighted by Gasteiger charge is 2.34. The van der Waals surface area contributed by atoms with Gasteiger partial charge in [0, 0.05) is 23.7 Å². The van der Waals surface area contributed by atoms with E-state index in [-0.39, 0.29) is 5.92 Å². The minimum absolute atomic E-state index is 0.00226. The summed E-state index contributed by atoms with van der Waals surface area (Å²) in [6.45, 7) is 1.72. The summed E-state index contributed by atoms with van der Waals surface area (Å²) in [4.78, 5) is 18.5. The molecule has 1 aliphatic heterocycles. The highest BCUT2D eigenvalue weighted by Crippen LogP contribution is 2.33. The Kier molecular flexibility index (Phi) is 8.25. The quantitative estimate of drug-likeness (QED) is 0.462. The lowest BCUT2D eigenvalue weighted by Crippen LogP contribution is -2.44. The number of nitrogens with zero attached hydrogens (tertiary/aromatic N) is 2. The van der Waals surface area contributed by atoms with Gasteiger partial charge in [-0.2, -0.15) is 0 Å². The van der Waals surface area contributed by atoms with E-state index in [4.69, 9.17) is 16.3 Å². The van der Waals surface area contributed by atoms with Crippen LogP contribution in [0.15, 0.2) is 54.7 Å². The largest absolute Gasteiger partial charge is 0.497 e. The van der Waals surface area contributed by atoms with Crippen LogP contribution in [0.2, 0.25) is 5.02 Å². The Morgan fingerprint density at radius 2 is 2.11 bits per heavy atom. The second-order valence-corrected chi connectivity index (χ2v) is 9.29. The molecule has 0 radical (unpaired) electrons. The van der Waals surface area contributed by atoms with Gasteiger partial charge in [0.25, 0.3) is 0 Å². The van der Waals surface area contributed by atoms with Crippen molar-refractivity contribution in [2.24, 2.45) is 11.8 Å². The molecule has 2 N–H and O–H groups in total. The van der Waals surface area contributed by atoms with Gasteiger partial charge in [0.2, 0.25) is 0 Å². The van der Waals surface area contributed by atoms with E-state index in [1.165, 1.54) is 0 Å². The maximum absolute atomic E-state index is 12.0. The van der Waals surface area contributed by atoms with Gasteiger partial charge in [0.05, 0.1) is 36.2 Å². The van der Waals surface area contributed by atoms with Crippen LogP contribution in [0.4, 0.5) is 0 Å². The van der Waals surface area contributed by atoms with E-state index < -0.39 is 18.0 Å². The smallest absolute Gasteiger partial charge is 0.308 e. The first-order valence-electron chi connectivity index (χ1n) is 11.8. The fourth-order valence-electron chi connectivity index (χ4n) is 4.74. The zero-order valence-corrected chi connectivity index (χ0v) is 20.4. The zero-order valence-electron chi connectivity index (χ0n) is 19.7. The number of carboxylic acids is 1. The van der Waals surface area contributed by atoms with Crippen molar-refractivity contribution in [3.05, 3.63) is 70.9 Å². The maximum Gasteiger partial charge on any atom is 0.308 e. The second-order valence-electron chi connectivity index (χ2n) is 8.89. The molecule has 6 nitrogen and oxygen atoms in total. The Labute approximate surface area is 210 Å². The maximum atomic E-state index is 12.0. The van der Waals surface area contributed by atoms with Crippen molar-refractivity contribution in [1.82, 2.24) is 9.88 Å². The van der Waals surface area contributed by atoms with Crippen LogP contribution < -0.4 is 4.74 Å². The van der Waals surface area contributed by atoms with Crippen LogP contribution in [0, 0.1) is 23.7 Å². The van der Waals surface area contributed by atoms with Crippen LogP contribution in [0.1, 0.15) is 36.5 Å². The number of aliphatic carboxylic acids is 1. The molecule has 3 atom stereocenters. The summed E-state index contributed by atoms with van der Waals surface area (Å²) in [5, 5.41) is 22.3. The van der Waals surface area contributed by atoms with E-state index in [9.17, 15) is 15.0 Å². The van der Waals surface area contributed by atoms with E-state index in [0.717, 1.165) is 35.0 Å². The van der Waals surface area contributed by atoms with Gasteiger partial charge in [-0.25, -0.2) is 0 Å². The van der Waals surface area contributed by atoms with Crippen LogP contribution in [-0.2, 0) is 4.79 Å². The summed E-state index contributed by atoms with van der Waals surface area (Å²) in [7, 11) is 1.61. The third-order valence-corrected chi connectivity index (χ3v) is 7.04. The number of halogens is 1. The molecule has 0 aliphatic carbocycles. The number of rotatable bonds is 7. The minimum atomic E-state index is -0.799. The lowest BCUT2D eigenvalue weighted by molar-refractivity contribution is -0.146. The van der Waals surface area contributed by atoms with Crippen molar-refractivity contribution in [1.29, 1.82) is 0 Å². The molecule has 0 bridgehead atoms. The summed E-state index contributed by atoms with van der Waals surface area (Å²) in [6.07, 6.45) is 2.85. The molecule has 0 amide bonds. The molecule has 1 aliphatic rings. The molecular weight excluding hydrogens is 464 g/mol. The van der Waals surface area contributed by atoms with Crippen molar-refractivity contribution in [3.8, 4) is 17.6 Å². The summed E-state index contributed by atoms with van der Waals surface area (Å²) >= 11 is 6.16. The monoisotopic (exact) mass is 492 g/mol. The average Bonchev–Trinajstić information content (AvgIpc) is 2.88. The van der Waals surface area contributed by atoms with Gasteiger partial charge in [-0.1, -0.05) is 35.6 Å². The van der Waals surface area contributed by atoms with Gasteiger partial charge in [0.1, 0.15) is 5.75 Å². The van der Waals surface area contributed by atoms with Gasteiger partial charge < -0.3 is 14.9 Å². The third kappa shape index (κ3) is 6.12. The molecule has 1 aromatic heterocycles. The number of piperidine rings is 1. The predicted molar refractivity (Wildman–Crippen MR) is 136 cm³/mol. The molecule has 182 valence electrons. The van der Waals surface area contributed by atoms with E-state index in [1.54, 1.807) is 19.4 Å². The first kappa shape index (κ1) is 25.0. The molecule has 1 saturated heterocycles. The summed E-state index contributed by atoms with van der Waals surface area (Å²) < 4.78 is 5.33. The second kappa shape index (κ2) is 11.5. The standard InChI is InChI=1S/C28H29ClN2O4/c1-35-21-9-10-26-23(17-21)22(12-14-30-26)27(32)11-8-19-13-16-31(18-24(19)28(33)34)15-4-6-20-5-2-3-7-25(20)29/h2-3,5,7,9-10,12,14,17,19,24,27,32H,8,11,13,15-16,18H2,1H3,(H,33,34)/t19-,24+,27-/m1/s1. The van der Waals surface area contributed by atoms with Crippen molar-refractivity contribution >= 4 is 28.5 Å². The Balaban J connectivity index is 1.38. The molecule has 35 heavy (non-hydrogen) atoms. The number of fused-ring (bicyclic) bond motifs is 1. The molecule has 0 spiro atoms. The first-order valence-corrected chi connectivity index (χ1v) is 12.1. The number of likely N-dealkylation sites (tertiary alicyclic amines) is 1. The number of aromatic nitrogens is 1. The van der Waals surface area contributed by atoms with Gasteiger partial charge in [-0.05, 0) is 73.7 Å². The Bertz CT molecular complexity index is 1250. The van der Waals surface area contributed by atoms with Crippen LogP contribution in [0.25, 0.3) is 10.9 Å². The Hall–Kier alpha value is -3.11. The van der Waals surface area contributed by atoms with E-state index in [0.29, 0.717) is 36.7 Å². The van der Waals surface area contributed by atoms with Crippen LogP contribution in [0.5, 0.6) is 5.75 Å². The normalized spacial score (nSPS) is 19.1. The number of aliphatic hydroxyl groups excluding tert-OH is 1. The molecule has 7 heteroatoms. The van der Waals surface area contributed by atoms with Crippen molar-refractivity contribution in [2.45, 2.75) is 25.4 Å². The molecular formula is C28H29ClN2O4. The molecule has 1 fully saturated rings. The fraction of sp³-hybridized carbons (Fsp3) is 0.357. The van der Waals surface area contributed by atoms with Crippen molar-refractivity contribution in [3.63, 3.8) is 0 Å². The molecule has 2 heterocycles. The van der Waals surface area contributed by atoms with Gasteiger partial charge in [-0.15, -0.1) is 0 Å².